The van der Waals surface area contributed by atoms with Gasteiger partial charge in [0.15, 0.2) is 6.10 Å². The summed E-state index contributed by atoms with van der Waals surface area (Å²) in [6.45, 7) is 4.54. The molecule has 0 aromatic heterocycles. The van der Waals surface area contributed by atoms with E-state index in [9.17, 15) is 19.0 Å². The third-order valence-electron chi connectivity index (χ3n) is 18.4. The molecule has 0 spiro atoms. The number of carbonyl (C=O) groups excluding carboxylic acids is 2. The Morgan fingerprint density at radius 1 is 0.310 bits per heavy atom. The van der Waals surface area contributed by atoms with Crippen molar-refractivity contribution in [2.24, 2.45) is 0 Å². The maximum Gasteiger partial charge on any atom is 0.472 e. The second-order valence-electron chi connectivity index (χ2n) is 28.5. The van der Waals surface area contributed by atoms with Crippen LogP contribution in [-0.4, -0.2) is 74.9 Å². The van der Waals surface area contributed by atoms with Gasteiger partial charge in [0.25, 0.3) is 0 Å². The number of unbranched alkanes of at least 4 members (excludes halogenated alkanes) is 61. The molecule has 0 fully saturated rings. The third-order valence-corrected chi connectivity index (χ3v) is 19.4. The zero-order chi connectivity index (χ0) is 63.4. The number of ether oxygens (including phenoxy) is 2. The minimum atomic E-state index is -4.39. The van der Waals surface area contributed by atoms with E-state index in [4.69, 9.17) is 18.5 Å². The first-order valence-corrected chi connectivity index (χ1v) is 40.8. The fraction of sp³-hybridized carbons (Fsp3) is 0.974. The van der Waals surface area contributed by atoms with Crippen LogP contribution in [0.4, 0.5) is 0 Å². The zero-order valence-electron chi connectivity index (χ0n) is 59.6. The first kappa shape index (κ1) is 86.0. The Labute approximate surface area is 544 Å². The van der Waals surface area contributed by atoms with Crippen LogP contribution in [-0.2, 0) is 32.7 Å². The summed E-state index contributed by atoms with van der Waals surface area (Å²) >= 11 is 0. The average Bonchev–Trinajstić information content (AvgIpc) is 3.68. The summed E-state index contributed by atoms with van der Waals surface area (Å²) in [5.41, 5.74) is 0. The van der Waals surface area contributed by atoms with Crippen LogP contribution in [0.3, 0.4) is 0 Å². The molecule has 10 heteroatoms. The molecule has 0 saturated carbocycles. The van der Waals surface area contributed by atoms with E-state index in [2.05, 4.69) is 13.8 Å². The Balaban J connectivity index is 3.86. The normalized spacial score (nSPS) is 12.9. The third kappa shape index (κ3) is 73.9. The van der Waals surface area contributed by atoms with Gasteiger partial charge in [-0.25, -0.2) is 4.57 Å². The van der Waals surface area contributed by atoms with Crippen LogP contribution in [0.15, 0.2) is 0 Å². The van der Waals surface area contributed by atoms with Gasteiger partial charge in [0, 0.05) is 12.8 Å². The highest BCUT2D eigenvalue weighted by atomic mass is 31.2. The quantitative estimate of drug-likeness (QED) is 0.0278. The number of nitrogens with zero attached hydrogens (tertiary/aromatic N) is 1. The SMILES string of the molecule is CCCCCCCCCCCCCCCCCCCCCCCCCCCCCCCCCCCCCCCCCC(=O)OC(COC(=O)CCCCCCCCCCCCCCCCCCCCCCCCCC)COP(=O)(O)OCC[N+](C)(C)C. The van der Waals surface area contributed by atoms with Gasteiger partial charge >= 0.3 is 19.8 Å². The summed E-state index contributed by atoms with van der Waals surface area (Å²) in [5, 5.41) is 0. The van der Waals surface area contributed by atoms with Gasteiger partial charge in [-0.1, -0.05) is 406 Å². The van der Waals surface area contributed by atoms with Crippen LogP contribution in [0.1, 0.15) is 431 Å². The number of rotatable bonds is 75. The van der Waals surface area contributed by atoms with Crippen LogP contribution in [0.5, 0.6) is 0 Å². The lowest BCUT2D eigenvalue weighted by molar-refractivity contribution is -0.870. The van der Waals surface area contributed by atoms with Gasteiger partial charge in [-0.3, -0.25) is 18.6 Å². The highest BCUT2D eigenvalue weighted by molar-refractivity contribution is 7.47. The van der Waals surface area contributed by atoms with Crippen LogP contribution in [0, 0.1) is 0 Å². The van der Waals surface area contributed by atoms with Crippen LogP contribution >= 0.6 is 7.82 Å². The Morgan fingerprint density at radius 3 is 0.736 bits per heavy atom. The van der Waals surface area contributed by atoms with E-state index in [0.717, 1.165) is 38.5 Å². The Kier molecular flexibility index (Phi) is 68.6. The maximum atomic E-state index is 12.9. The van der Waals surface area contributed by atoms with Gasteiger partial charge in [0.1, 0.15) is 19.8 Å². The van der Waals surface area contributed by atoms with Crippen molar-refractivity contribution >= 4 is 19.8 Å². The average molecular weight is 1250 g/mol. The summed E-state index contributed by atoms with van der Waals surface area (Å²) in [4.78, 5) is 35.9. The van der Waals surface area contributed by atoms with Gasteiger partial charge in [-0.15, -0.1) is 0 Å². The molecule has 0 bridgehead atoms. The predicted octanol–water partition coefficient (Wildman–Crippen LogP) is 25.7. The molecule has 0 radical (unpaired) electrons. The van der Waals surface area contributed by atoms with Crippen molar-refractivity contribution in [1.29, 1.82) is 0 Å². The van der Waals surface area contributed by atoms with Gasteiger partial charge < -0.3 is 18.9 Å². The molecule has 0 aliphatic carbocycles. The number of likely N-dealkylation sites (N-methyl/N-ethyl adjacent to an activating group) is 1. The van der Waals surface area contributed by atoms with Gasteiger partial charge in [0.2, 0.25) is 0 Å². The molecule has 0 amide bonds. The minimum Gasteiger partial charge on any atom is -0.462 e. The van der Waals surface area contributed by atoms with Crippen molar-refractivity contribution < 1.29 is 42.1 Å². The van der Waals surface area contributed by atoms with E-state index >= 15 is 0 Å². The number of phosphoric acid groups is 1. The summed E-state index contributed by atoms with van der Waals surface area (Å²) in [6, 6.07) is 0. The molecule has 0 aromatic carbocycles. The molecule has 2 unspecified atom stereocenters. The van der Waals surface area contributed by atoms with Crippen LogP contribution in [0.25, 0.3) is 0 Å². The number of carbonyl (C=O) groups is 2. The fourth-order valence-corrected chi connectivity index (χ4v) is 13.1. The molecule has 0 heterocycles. The molecule has 1 N–H and O–H groups in total. The van der Waals surface area contributed by atoms with E-state index in [1.807, 2.05) is 21.1 Å². The molecule has 87 heavy (non-hydrogen) atoms. The highest BCUT2D eigenvalue weighted by Crippen LogP contribution is 2.43. The number of phosphoric ester groups is 1. The van der Waals surface area contributed by atoms with Crippen molar-refractivity contribution in [3.8, 4) is 0 Å². The highest BCUT2D eigenvalue weighted by Gasteiger charge is 2.27. The molecule has 0 saturated heterocycles. The first-order valence-electron chi connectivity index (χ1n) is 39.3. The van der Waals surface area contributed by atoms with Crippen molar-refractivity contribution in [3.63, 3.8) is 0 Å². The van der Waals surface area contributed by atoms with Crippen LogP contribution in [0.2, 0.25) is 0 Å². The second-order valence-corrected chi connectivity index (χ2v) is 29.9. The van der Waals surface area contributed by atoms with E-state index in [1.54, 1.807) is 0 Å². The number of quaternary nitrogens is 1. The first-order chi connectivity index (χ1) is 42.5. The molecule has 0 rings (SSSR count). The monoisotopic (exact) mass is 1250 g/mol. The lowest BCUT2D eigenvalue weighted by Gasteiger charge is -2.24. The van der Waals surface area contributed by atoms with E-state index in [-0.39, 0.29) is 25.6 Å². The van der Waals surface area contributed by atoms with E-state index in [0.29, 0.717) is 17.4 Å². The Bertz CT molecular complexity index is 1420. The number of esters is 2. The molecular weight excluding hydrogens is 1100 g/mol. The summed E-state index contributed by atoms with van der Waals surface area (Å²) in [5.74, 6) is -0.766. The van der Waals surface area contributed by atoms with Crippen molar-refractivity contribution in [1.82, 2.24) is 0 Å². The lowest BCUT2D eigenvalue weighted by Crippen LogP contribution is -2.37. The van der Waals surface area contributed by atoms with Gasteiger partial charge in [0.05, 0.1) is 27.7 Å². The standard InChI is InChI=1S/C77H154NO8P/c1-6-8-10-12-14-16-18-20-22-24-26-28-30-32-33-34-35-36-37-38-39-40-41-42-43-44-45-46-48-50-52-54-56-58-60-62-64-66-68-70-77(80)86-75(74-85-87(81,82)84-72-71-78(3,4)5)73-83-76(79)69-67-65-63-61-59-57-55-53-51-49-47-31-29-27-25-23-21-19-17-15-13-11-9-7-2/h75H,6-74H2,1-5H3/p+1. The number of hydrogen-bond acceptors (Lipinski definition) is 7. The zero-order valence-corrected chi connectivity index (χ0v) is 60.5. The van der Waals surface area contributed by atoms with Gasteiger partial charge in [-0.05, 0) is 12.8 Å². The minimum absolute atomic E-state index is 0.0378. The second kappa shape index (κ2) is 69.4. The molecule has 0 aromatic rings. The fourth-order valence-electron chi connectivity index (χ4n) is 12.4. The van der Waals surface area contributed by atoms with E-state index in [1.165, 1.54) is 366 Å². The maximum absolute atomic E-state index is 12.9. The molecular formula is C77H155NO8P+. The predicted molar refractivity (Wildman–Crippen MR) is 377 cm³/mol. The van der Waals surface area contributed by atoms with Crippen LogP contribution < -0.4 is 0 Å². The largest absolute Gasteiger partial charge is 0.472 e. The van der Waals surface area contributed by atoms with Gasteiger partial charge in [-0.2, -0.15) is 0 Å². The molecule has 2 atom stereocenters. The lowest BCUT2D eigenvalue weighted by atomic mass is 10.0. The molecule has 0 aliphatic heterocycles. The van der Waals surface area contributed by atoms with Crippen molar-refractivity contribution in [2.75, 3.05) is 47.5 Å². The Hall–Kier alpha value is -0.990. The molecule has 0 aliphatic rings. The summed E-state index contributed by atoms with van der Waals surface area (Å²) in [7, 11) is 1.51. The van der Waals surface area contributed by atoms with E-state index < -0.39 is 26.5 Å². The Morgan fingerprint density at radius 2 is 0.517 bits per heavy atom. The number of hydrogen-bond donors (Lipinski definition) is 1. The van der Waals surface area contributed by atoms with Crippen molar-refractivity contribution in [3.05, 3.63) is 0 Å². The summed E-state index contributed by atoms with van der Waals surface area (Å²) < 4.78 is 34.8. The summed E-state index contributed by atoms with van der Waals surface area (Å²) in [6.07, 6.45) is 85.5. The van der Waals surface area contributed by atoms with Crippen molar-refractivity contribution in [2.45, 2.75) is 437 Å². The topological polar surface area (TPSA) is 108 Å². The molecule has 520 valence electrons. The smallest absolute Gasteiger partial charge is 0.462 e. The molecule has 9 nitrogen and oxygen atoms in total.